The fraction of sp³-hybridized carbons (Fsp3) is 0.556. The number of methoxy groups -OCH3 is 1. The Bertz CT molecular complexity index is 659. The molecule has 0 spiro atoms. The van der Waals surface area contributed by atoms with Crippen LogP contribution < -0.4 is 5.32 Å². The molecule has 0 atom stereocenters. The molecule has 148 valence electrons. The summed E-state index contributed by atoms with van der Waals surface area (Å²) in [5.74, 6) is -0.512. The van der Waals surface area contributed by atoms with E-state index >= 15 is 0 Å². The maximum absolute atomic E-state index is 12.7. The molecular formula is C18H26N4O5. The van der Waals surface area contributed by atoms with Crippen molar-refractivity contribution in [1.29, 1.82) is 0 Å². The predicted octanol–water partition coefficient (Wildman–Crippen LogP) is 0.762. The molecule has 0 bridgehead atoms. The molecule has 9 nitrogen and oxygen atoms in total. The maximum atomic E-state index is 12.7. The van der Waals surface area contributed by atoms with Crippen LogP contribution in [0, 0.1) is 0 Å². The largest absolute Gasteiger partial charge is 0.450 e. The summed E-state index contributed by atoms with van der Waals surface area (Å²) in [5, 5.41) is 2.75. The molecule has 1 aliphatic rings. The van der Waals surface area contributed by atoms with Crippen molar-refractivity contribution in [2.75, 3.05) is 53.0 Å². The second kappa shape index (κ2) is 10.5. The van der Waals surface area contributed by atoms with Crippen molar-refractivity contribution in [2.45, 2.75) is 13.3 Å². The molecule has 0 aliphatic carbocycles. The summed E-state index contributed by atoms with van der Waals surface area (Å²) in [5.41, 5.74) is 0.597. The summed E-state index contributed by atoms with van der Waals surface area (Å²) in [7, 11) is 1.60. The van der Waals surface area contributed by atoms with Gasteiger partial charge >= 0.3 is 6.09 Å². The van der Waals surface area contributed by atoms with Crippen molar-refractivity contribution < 1.29 is 23.9 Å². The van der Waals surface area contributed by atoms with Gasteiger partial charge in [0.05, 0.1) is 6.61 Å². The van der Waals surface area contributed by atoms with Gasteiger partial charge in [0.25, 0.3) is 11.8 Å². The lowest BCUT2D eigenvalue weighted by atomic mass is 10.1. The minimum absolute atomic E-state index is 0.186. The molecule has 0 aromatic carbocycles. The number of carbonyl (C=O) groups excluding carboxylic acids is 3. The average molecular weight is 378 g/mol. The summed E-state index contributed by atoms with van der Waals surface area (Å²) in [6.45, 7) is 4.78. The number of amides is 3. The lowest BCUT2D eigenvalue weighted by molar-refractivity contribution is 0.0570. The van der Waals surface area contributed by atoms with Gasteiger partial charge in [-0.05, 0) is 25.5 Å². The van der Waals surface area contributed by atoms with Crippen LogP contribution >= 0.6 is 0 Å². The standard InChI is InChI=1S/C18H26N4O5/c1-3-27-18(25)22-10-8-21(9-11-22)17(24)14-5-7-19-15(13-14)16(23)20-6-4-12-26-2/h5,7,13H,3-4,6,8-12H2,1-2H3,(H,20,23). The normalized spacial score (nSPS) is 14.0. The molecule has 9 heteroatoms. The summed E-state index contributed by atoms with van der Waals surface area (Å²) < 4.78 is 9.91. The van der Waals surface area contributed by atoms with E-state index in [1.54, 1.807) is 29.9 Å². The monoisotopic (exact) mass is 378 g/mol. The van der Waals surface area contributed by atoms with Crippen LogP contribution in [0.3, 0.4) is 0 Å². The Labute approximate surface area is 158 Å². The molecule has 1 saturated heterocycles. The third kappa shape index (κ3) is 5.92. The van der Waals surface area contributed by atoms with E-state index < -0.39 is 0 Å². The number of ether oxygens (including phenoxy) is 2. The number of rotatable bonds is 7. The van der Waals surface area contributed by atoms with Gasteiger partial charge in [0.2, 0.25) is 0 Å². The van der Waals surface area contributed by atoms with E-state index in [-0.39, 0.29) is 23.6 Å². The zero-order chi connectivity index (χ0) is 19.6. The molecule has 1 aromatic heterocycles. The van der Waals surface area contributed by atoms with Gasteiger partial charge in [-0.2, -0.15) is 0 Å². The number of hydrogen-bond acceptors (Lipinski definition) is 6. The Morgan fingerprint density at radius 2 is 1.89 bits per heavy atom. The third-order valence-corrected chi connectivity index (χ3v) is 4.14. The Balaban J connectivity index is 1.91. The van der Waals surface area contributed by atoms with Crippen molar-refractivity contribution in [3.8, 4) is 0 Å². The van der Waals surface area contributed by atoms with Crippen LogP contribution in [0.4, 0.5) is 4.79 Å². The molecule has 0 unspecified atom stereocenters. The second-order valence-corrected chi connectivity index (χ2v) is 6.01. The smallest absolute Gasteiger partial charge is 0.409 e. The van der Waals surface area contributed by atoms with E-state index in [2.05, 4.69) is 10.3 Å². The number of nitrogens with zero attached hydrogens (tertiary/aromatic N) is 3. The first-order valence-corrected chi connectivity index (χ1v) is 9.01. The van der Waals surface area contributed by atoms with E-state index in [0.717, 1.165) is 0 Å². The molecule has 1 N–H and O–H groups in total. The minimum atomic E-state index is -0.360. The zero-order valence-corrected chi connectivity index (χ0v) is 15.8. The number of piperazine rings is 1. The lowest BCUT2D eigenvalue weighted by Crippen LogP contribution is -2.50. The van der Waals surface area contributed by atoms with Crippen molar-refractivity contribution in [1.82, 2.24) is 20.1 Å². The SMILES string of the molecule is CCOC(=O)N1CCN(C(=O)c2ccnc(C(=O)NCCCOC)c2)CC1. The zero-order valence-electron chi connectivity index (χ0n) is 15.8. The first-order chi connectivity index (χ1) is 13.1. The molecule has 3 amide bonds. The van der Waals surface area contributed by atoms with E-state index in [0.29, 0.717) is 57.9 Å². The van der Waals surface area contributed by atoms with Crippen molar-refractivity contribution in [3.63, 3.8) is 0 Å². The van der Waals surface area contributed by atoms with Gasteiger partial charge in [-0.25, -0.2) is 4.79 Å². The van der Waals surface area contributed by atoms with Gasteiger partial charge in [0.15, 0.2) is 0 Å². The molecule has 0 saturated carbocycles. The van der Waals surface area contributed by atoms with Crippen molar-refractivity contribution >= 4 is 17.9 Å². The van der Waals surface area contributed by atoms with Crippen LogP contribution in [0.15, 0.2) is 18.3 Å². The second-order valence-electron chi connectivity index (χ2n) is 6.01. The highest BCUT2D eigenvalue weighted by atomic mass is 16.6. The highest BCUT2D eigenvalue weighted by Crippen LogP contribution is 2.10. The first-order valence-electron chi connectivity index (χ1n) is 9.01. The minimum Gasteiger partial charge on any atom is -0.450 e. The van der Waals surface area contributed by atoms with Crippen LogP contribution in [-0.4, -0.2) is 85.7 Å². The van der Waals surface area contributed by atoms with Crippen molar-refractivity contribution in [3.05, 3.63) is 29.6 Å². The molecule has 2 heterocycles. The summed E-state index contributed by atoms with van der Waals surface area (Å²) in [6, 6.07) is 3.08. The van der Waals surface area contributed by atoms with Gasteiger partial charge in [0.1, 0.15) is 5.69 Å². The van der Waals surface area contributed by atoms with E-state index in [4.69, 9.17) is 9.47 Å². The van der Waals surface area contributed by atoms with Gasteiger partial charge in [-0.15, -0.1) is 0 Å². The Hall–Kier alpha value is -2.68. The lowest BCUT2D eigenvalue weighted by Gasteiger charge is -2.34. The van der Waals surface area contributed by atoms with Gasteiger partial charge in [-0.3, -0.25) is 14.6 Å². The Kier molecular flexibility index (Phi) is 8.00. The molecule has 0 radical (unpaired) electrons. The van der Waals surface area contributed by atoms with Gasteiger partial charge < -0.3 is 24.6 Å². The van der Waals surface area contributed by atoms with E-state index in [1.807, 2.05) is 0 Å². The van der Waals surface area contributed by atoms with Crippen LogP contribution in [-0.2, 0) is 9.47 Å². The fourth-order valence-electron chi connectivity index (χ4n) is 2.69. The Morgan fingerprint density at radius 3 is 2.56 bits per heavy atom. The highest BCUT2D eigenvalue weighted by Gasteiger charge is 2.26. The molecular weight excluding hydrogens is 352 g/mol. The van der Waals surface area contributed by atoms with E-state index in [9.17, 15) is 14.4 Å². The molecule has 1 aliphatic heterocycles. The summed E-state index contributed by atoms with van der Waals surface area (Å²) in [6.07, 6.45) is 1.79. The summed E-state index contributed by atoms with van der Waals surface area (Å²) in [4.78, 5) is 43.8. The average Bonchev–Trinajstić information content (AvgIpc) is 2.71. The number of aromatic nitrogens is 1. The molecule has 1 fully saturated rings. The van der Waals surface area contributed by atoms with E-state index in [1.165, 1.54) is 12.3 Å². The molecule has 1 aromatic rings. The van der Waals surface area contributed by atoms with Gasteiger partial charge in [-0.1, -0.05) is 0 Å². The number of hydrogen-bond donors (Lipinski definition) is 1. The quantitative estimate of drug-likeness (QED) is 0.703. The van der Waals surface area contributed by atoms with Crippen LogP contribution in [0.25, 0.3) is 0 Å². The van der Waals surface area contributed by atoms with Crippen LogP contribution in [0.2, 0.25) is 0 Å². The molecule has 27 heavy (non-hydrogen) atoms. The number of pyridine rings is 1. The Morgan fingerprint density at radius 1 is 1.19 bits per heavy atom. The topological polar surface area (TPSA) is 101 Å². The predicted molar refractivity (Wildman–Crippen MR) is 97.6 cm³/mol. The highest BCUT2D eigenvalue weighted by molar-refractivity contribution is 5.98. The first kappa shape index (κ1) is 20.6. The van der Waals surface area contributed by atoms with Crippen LogP contribution in [0.5, 0.6) is 0 Å². The number of nitrogens with one attached hydrogen (secondary N) is 1. The third-order valence-electron chi connectivity index (χ3n) is 4.14. The fourth-order valence-corrected chi connectivity index (χ4v) is 2.69. The molecule has 2 rings (SSSR count). The number of carbonyl (C=O) groups is 3. The summed E-state index contributed by atoms with van der Waals surface area (Å²) >= 11 is 0. The van der Waals surface area contributed by atoms with Crippen molar-refractivity contribution in [2.24, 2.45) is 0 Å². The maximum Gasteiger partial charge on any atom is 0.409 e. The van der Waals surface area contributed by atoms with Gasteiger partial charge in [0, 0.05) is 58.2 Å². The van der Waals surface area contributed by atoms with Crippen LogP contribution in [0.1, 0.15) is 34.2 Å².